The van der Waals surface area contributed by atoms with Crippen LogP contribution in [0.3, 0.4) is 0 Å². The summed E-state index contributed by atoms with van der Waals surface area (Å²) in [6.45, 7) is 3.05. The van der Waals surface area contributed by atoms with Crippen molar-refractivity contribution in [2.45, 2.75) is 57.3 Å². The topological polar surface area (TPSA) is 66.5 Å². The second-order valence-corrected chi connectivity index (χ2v) is 10.9. The van der Waals surface area contributed by atoms with Gasteiger partial charge in [-0.1, -0.05) is 59.4 Å². The maximum absolute atomic E-state index is 12.8. The monoisotopic (exact) mass is 498 g/mol. The fourth-order valence-corrected chi connectivity index (χ4v) is 6.42. The van der Waals surface area contributed by atoms with Crippen LogP contribution >= 0.6 is 11.3 Å². The predicted molar refractivity (Wildman–Crippen MR) is 145 cm³/mol. The molecule has 2 N–H and O–H groups in total. The molecule has 6 nitrogen and oxygen atoms in total. The third-order valence-electron chi connectivity index (χ3n) is 7.26. The molecular weight excluding hydrogens is 468 g/mol. The van der Waals surface area contributed by atoms with Gasteiger partial charge in [0, 0.05) is 30.7 Å². The van der Waals surface area contributed by atoms with E-state index >= 15 is 0 Å². The lowest BCUT2D eigenvalue weighted by Crippen LogP contribution is -2.50. The number of anilines is 1. The van der Waals surface area contributed by atoms with Gasteiger partial charge in [-0.15, -0.1) is 0 Å². The van der Waals surface area contributed by atoms with Gasteiger partial charge in [0.25, 0.3) is 0 Å². The van der Waals surface area contributed by atoms with Gasteiger partial charge in [-0.05, 0) is 62.4 Å². The molecule has 2 fully saturated rings. The summed E-state index contributed by atoms with van der Waals surface area (Å²) >= 11 is 1.46. The van der Waals surface area contributed by atoms with Crippen LogP contribution in [0.4, 0.5) is 9.93 Å². The van der Waals surface area contributed by atoms with Crippen molar-refractivity contribution in [3.63, 3.8) is 0 Å². The molecular formula is C29H30N4O2S. The smallest absolute Gasteiger partial charge is 0.321 e. The first kappa shape index (κ1) is 23.0. The summed E-state index contributed by atoms with van der Waals surface area (Å²) < 4.78 is 6.95. The fraction of sp³-hybridized carbons (Fsp3) is 0.310. The summed E-state index contributed by atoms with van der Waals surface area (Å²) in [4.78, 5) is 20.0. The van der Waals surface area contributed by atoms with Gasteiger partial charge in [0.1, 0.15) is 11.5 Å². The molecule has 2 aliphatic rings. The zero-order valence-electron chi connectivity index (χ0n) is 20.3. The van der Waals surface area contributed by atoms with Gasteiger partial charge >= 0.3 is 6.03 Å². The first-order valence-corrected chi connectivity index (χ1v) is 13.4. The van der Waals surface area contributed by atoms with Crippen molar-refractivity contribution in [2.75, 3.05) is 5.32 Å². The van der Waals surface area contributed by atoms with Crippen LogP contribution in [0.25, 0.3) is 10.2 Å². The normalized spacial score (nSPS) is 21.4. The second-order valence-electron chi connectivity index (χ2n) is 9.87. The molecule has 0 saturated carbocycles. The minimum absolute atomic E-state index is 0.175. The van der Waals surface area contributed by atoms with E-state index in [2.05, 4.69) is 57.8 Å². The van der Waals surface area contributed by atoms with E-state index in [9.17, 15) is 4.79 Å². The predicted octanol–water partition coefficient (Wildman–Crippen LogP) is 6.71. The average Bonchev–Trinajstić information content (AvgIpc) is 3.36. The third kappa shape index (κ3) is 5.08. The number of rotatable bonds is 6. The van der Waals surface area contributed by atoms with Gasteiger partial charge in [0.05, 0.1) is 10.2 Å². The molecule has 2 saturated heterocycles. The molecule has 2 bridgehead atoms. The second kappa shape index (κ2) is 9.91. The Morgan fingerprint density at radius 2 is 1.72 bits per heavy atom. The lowest BCUT2D eigenvalue weighted by Gasteiger charge is -2.39. The summed E-state index contributed by atoms with van der Waals surface area (Å²) in [5.41, 5.74) is 3.40. The van der Waals surface area contributed by atoms with Crippen molar-refractivity contribution in [1.29, 1.82) is 0 Å². The molecule has 3 heterocycles. The maximum atomic E-state index is 12.8. The number of aryl methyl sites for hydroxylation is 1. The van der Waals surface area contributed by atoms with E-state index in [1.165, 1.54) is 35.3 Å². The van der Waals surface area contributed by atoms with Crippen LogP contribution in [-0.2, 0) is 6.54 Å². The Labute approximate surface area is 215 Å². The largest absolute Gasteiger partial charge is 0.457 e. The number of hydrogen-bond acceptors (Lipinski definition) is 5. The highest BCUT2D eigenvalue weighted by Gasteiger charge is 2.40. The molecule has 2 unspecified atom stereocenters. The van der Waals surface area contributed by atoms with Crippen molar-refractivity contribution >= 4 is 32.7 Å². The Balaban J connectivity index is 1.05. The van der Waals surface area contributed by atoms with Crippen molar-refractivity contribution in [3.8, 4) is 11.5 Å². The number of amides is 2. The van der Waals surface area contributed by atoms with Gasteiger partial charge in [0.2, 0.25) is 0 Å². The van der Waals surface area contributed by atoms with Gasteiger partial charge in [0.15, 0.2) is 5.13 Å². The van der Waals surface area contributed by atoms with Crippen LogP contribution in [0.1, 0.15) is 36.8 Å². The number of carbonyl (C=O) groups is 1. The Morgan fingerprint density at radius 1 is 1.00 bits per heavy atom. The highest BCUT2D eigenvalue weighted by atomic mass is 32.1. The molecule has 0 aliphatic carbocycles. The zero-order chi connectivity index (χ0) is 24.5. The van der Waals surface area contributed by atoms with Crippen LogP contribution < -0.4 is 15.4 Å². The quantitative estimate of drug-likeness (QED) is 0.310. The number of nitrogens with zero attached hydrogens (tertiary/aromatic N) is 2. The first-order chi connectivity index (χ1) is 17.6. The van der Waals surface area contributed by atoms with Gasteiger partial charge in [-0.3, -0.25) is 10.2 Å². The fourth-order valence-electron chi connectivity index (χ4n) is 5.53. The standard InChI is InChI=1S/C29H30N4O2S/c1-19-7-11-24(12-8-19)35-25-13-14-26-27(17-25)36-29(31-26)32-28(34)30-21-15-22-9-10-23(16-21)33(22)18-20-5-3-2-4-6-20/h2-8,11-14,17,21-23H,9-10,15-16,18H2,1H3,(H2,30,31,32,34). The van der Waals surface area contributed by atoms with Gasteiger partial charge in [-0.25, -0.2) is 9.78 Å². The highest BCUT2D eigenvalue weighted by Crippen LogP contribution is 2.37. The van der Waals surface area contributed by atoms with Crippen LogP contribution in [0.2, 0.25) is 0 Å². The van der Waals surface area contributed by atoms with Gasteiger partial charge < -0.3 is 10.1 Å². The van der Waals surface area contributed by atoms with E-state index < -0.39 is 0 Å². The molecule has 7 heteroatoms. The van der Waals surface area contributed by atoms with E-state index in [-0.39, 0.29) is 12.1 Å². The lowest BCUT2D eigenvalue weighted by molar-refractivity contribution is 0.112. The summed E-state index contributed by atoms with van der Waals surface area (Å²) in [6, 6.07) is 25.5. The lowest BCUT2D eigenvalue weighted by atomic mass is 9.96. The minimum atomic E-state index is -0.175. The molecule has 2 aliphatic heterocycles. The molecule has 2 amide bonds. The number of aromatic nitrogens is 1. The molecule has 1 aromatic heterocycles. The molecule has 0 spiro atoms. The number of hydrogen-bond donors (Lipinski definition) is 2. The number of fused-ring (bicyclic) bond motifs is 3. The SMILES string of the molecule is Cc1ccc(Oc2ccc3nc(NC(=O)NC4CC5CCC(C4)N5Cc4ccccc4)sc3c2)cc1. The number of benzene rings is 3. The minimum Gasteiger partial charge on any atom is -0.457 e. The number of thiazole rings is 1. The Kier molecular flexibility index (Phi) is 6.34. The first-order valence-electron chi connectivity index (χ1n) is 12.6. The number of ether oxygens (including phenoxy) is 1. The van der Waals surface area contributed by atoms with Crippen LogP contribution in [0, 0.1) is 6.92 Å². The van der Waals surface area contributed by atoms with E-state index in [1.54, 1.807) is 0 Å². The van der Waals surface area contributed by atoms with Crippen LogP contribution in [-0.4, -0.2) is 34.0 Å². The van der Waals surface area contributed by atoms with Crippen LogP contribution in [0.5, 0.6) is 11.5 Å². The number of carbonyl (C=O) groups excluding carboxylic acids is 1. The molecule has 3 aromatic carbocycles. The number of piperidine rings is 1. The maximum Gasteiger partial charge on any atom is 0.321 e. The van der Waals surface area contributed by atoms with Crippen molar-refractivity contribution < 1.29 is 9.53 Å². The van der Waals surface area contributed by atoms with Crippen LogP contribution in [0.15, 0.2) is 72.8 Å². The van der Waals surface area contributed by atoms with Gasteiger partial charge in [-0.2, -0.15) is 0 Å². The van der Waals surface area contributed by atoms with E-state index in [0.717, 1.165) is 41.1 Å². The third-order valence-corrected chi connectivity index (χ3v) is 8.20. The Hall–Kier alpha value is -3.42. The Bertz CT molecular complexity index is 1340. The van der Waals surface area contributed by atoms with E-state index in [1.807, 2.05) is 42.5 Å². The Morgan fingerprint density at radius 3 is 2.47 bits per heavy atom. The molecule has 184 valence electrons. The van der Waals surface area contributed by atoms with Crippen molar-refractivity contribution in [1.82, 2.24) is 15.2 Å². The molecule has 6 rings (SSSR count). The van der Waals surface area contributed by atoms with E-state index in [4.69, 9.17) is 4.74 Å². The molecule has 4 aromatic rings. The zero-order valence-corrected chi connectivity index (χ0v) is 21.1. The molecule has 2 atom stereocenters. The van der Waals surface area contributed by atoms with E-state index in [0.29, 0.717) is 17.2 Å². The number of urea groups is 1. The summed E-state index contributed by atoms with van der Waals surface area (Å²) in [6.07, 6.45) is 4.41. The average molecular weight is 499 g/mol. The molecule has 36 heavy (non-hydrogen) atoms. The summed E-state index contributed by atoms with van der Waals surface area (Å²) in [5.74, 6) is 1.55. The van der Waals surface area contributed by atoms with Crippen molar-refractivity contribution in [3.05, 3.63) is 83.9 Å². The number of nitrogens with one attached hydrogen (secondary N) is 2. The highest BCUT2D eigenvalue weighted by molar-refractivity contribution is 7.22. The van der Waals surface area contributed by atoms with Crippen molar-refractivity contribution in [2.24, 2.45) is 0 Å². The summed E-state index contributed by atoms with van der Waals surface area (Å²) in [5, 5.41) is 6.77. The summed E-state index contributed by atoms with van der Waals surface area (Å²) in [7, 11) is 0. The molecule has 0 radical (unpaired) electrons.